The molecule has 0 aliphatic rings. The molecule has 0 saturated carbocycles. The molecular formula is C16H10BrN3O2. The minimum absolute atomic E-state index is 0.117. The summed E-state index contributed by atoms with van der Waals surface area (Å²) < 4.78 is 8.00. The van der Waals surface area contributed by atoms with Crippen LogP contribution in [0.5, 0.6) is 0 Å². The summed E-state index contributed by atoms with van der Waals surface area (Å²) in [4.78, 5) is 21.2. The van der Waals surface area contributed by atoms with Crippen LogP contribution in [0.25, 0.3) is 22.0 Å². The Hall–Kier alpha value is -2.47. The maximum atomic E-state index is 12.5. The molecule has 0 aliphatic heterocycles. The monoisotopic (exact) mass is 355 g/mol. The van der Waals surface area contributed by atoms with Crippen LogP contribution in [0.2, 0.25) is 0 Å². The first kappa shape index (κ1) is 13.2. The average molecular weight is 356 g/mol. The Morgan fingerprint density at radius 2 is 2.00 bits per heavy atom. The second-order valence-corrected chi connectivity index (χ2v) is 5.83. The van der Waals surface area contributed by atoms with Crippen LogP contribution in [0.1, 0.15) is 5.89 Å². The highest BCUT2D eigenvalue weighted by molar-refractivity contribution is 9.10. The molecule has 4 rings (SSSR count). The van der Waals surface area contributed by atoms with E-state index in [1.807, 2.05) is 36.4 Å². The number of rotatable bonds is 2. The van der Waals surface area contributed by atoms with Crippen LogP contribution in [0, 0.1) is 0 Å². The van der Waals surface area contributed by atoms with Crippen molar-refractivity contribution in [2.45, 2.75) is 6.54 Å². The Morgan fingerprint density at radius 3 is 2.86 bits per heavy atom. The molecule has 0 unspecified atom stereocenters. The quantitative estimate of drug-likeness (QED) is 0.553. The molecule has 2 aromatic carbocycles. The van der Waals surface area contributed by atoms with Gasteiger partial charge >= 0.3 is 0 Å². The molecule has 0 radical (unpaired) electrons. The molecule has 0 bridgehead atoms. The third-order valence-corrected chi connectivity index (χ3v) is 3.92. The summed E-state index contributed by atoms with van der Waals surface area (Å²) in [5.41, 5.74) is 2.04. The first-order valence-electron chi connectivity index (χ1n) is 6.70. The summed E-state index contributed by atoms with van der Waals surface area (Å²) in [5, 5.41) is 0.563. The van der Waals surface area contributed by atoms with E-state index in [4.69, 9.17) is 4.42 Å². The number of hydrogen-bond donors (Lipinski definition) is 0. The van der Waals surface area contributed by atoms with Crippen molar-refractivity contribution in [1.29, 1.82) is 0 Å². The Kier molecular flexibility index (Phi) is 3.04. The number of oxazole rings is 1. The van der Waals surface area contributed by atoms with Gasteiger partial charge < -0.3 is 4.42 Å². The van der Waals surface area contributed by atoms with Crippen LogP contribution in [0.3, 0.4) is 0 Å². The van der Waals surface area contributed by atoms with Crippen molar-refractivity contribution in [2.24, 2.45) is 0 Å². The first-order chi connectivity index (χ1) is 10.7. The lowest BCUT2D eigenvalue weighted by molar-refractivity contribution is 0.503. The van der Waals surface area contributed by atoms with E-state index >= 15 is 0 Å². The van der Waals surface area contributed by atoms with Crippen LogP contribution < -0.4 is 5.56 Å². The van der Waals surface area contributed by atoms with Crippen molar-refractivity contribution in [1.82, 2.24) is 14.5 Å². The number of aromatic nitrogens is 3. The van der Waals surface area contributed by atoms with Crippen LogP contribution in [0.15, 0.2) is 62.5 Å². The number of benzene rings is 2. The van der Waals surface area contributed by atoms with Crippen molar-refractivity contribution >= 4 is 37.9 Å². The molecule has 0 fully saturated rings. The van der Waals surface area contributed by atoms with Gasteiger partial charge in [-0.25, -0.2) is 9.97 Å². The number of fused-ring (bicyclic) bond motifs is 2. The van der Waals surface area contributed by atoms with E-state index in [0.29, 0.717) is 22.4 Å². The van der Waals surface area contributed by atoms with Crippen molar-refractivity contribution in [3.05, 3.63) is 69.5 Å². The SMILES string of the molecule is O=c1c2cc(Br)ccc2ncn1Cc1nc2ccccc2o1. The molecule has 4 aromatic rings. The molecule has 2 aromatic heterocycles. The molecule has 22 heavy (non-hydrogen) atoms. The maximum Gasteiger partial charge on any atom is 0.261 e. The second kappa shape index (κ2) is 5.06. The third kappa shape index (κ3) is 2.21. The summed E-state index contributed by atoms with van der Waals surface area (Å²) >= 11 is 3.37. The molecule has 5 nitrogen and oxygen atoms in total. The normalized spacial score (nSPS) is 11.3. The lowest BCUT2D eigenvalue weighted by atomic mass is 10.2. The summed E-state index contributed by atoms with van der Waals surface area (Å²) in [6.45, 7) is 0.253. The van der Waals surface area contributed by atoms with Gasteiger partial charge in [-0.1, -0.05) is 28.1 Å². The van der Waals surface area contributed by atoms with Gasteiger partial charge in [0.1, 0.15) is 12.1 Å². The first-order valence-corrected chi connectivity index (χ1v) is 7.49. The minimum atomic E-state index is -0.117. The van der Waals surface area contributed by atoms with Crippen molar-refractivity contribution in [2.75, 3.05) is 0 Å². The Morgan fingerprint density at radius 1 is 1.14 bits per heavy atom. The number of hydrogen-bond acceptors (Lipinski definition) is 4. The molecule has 0 aliphatic carbocycles. The highest BCUT2D eigenvalue weighted by Gasteiger charge is 2.09. The fourth-order valence-corrected chi connectivity index (χ4v) is 2.74. The van der Waals surface area contributed by atoms with Gasteiger partial charge in [-0.2, -0.15) is 0 Å². The van der Waals surface area contributed by atoms with Crippen molar-refractivity contribution in [3.63, 3.8) is 0 Å². The Labute approximate surface area is 133 Å². The van der Waals surface area contributed by atoms with E-state index in [9.17, 15) is 4.79 Å². The Balaban J connectivity index is 1.80. The van der Waals surface area contributed by atoms with E-state index < -0.39 is 0 Å². The van der Waals surface area contributed by atoms with Gasteiger partial charge in [0.2, 0.25) is 5.89 Å². The molecule has 0 atom stereocenters. The molecule has 108 valence electrons. The molecule has 0 saturated heterocycles. The van der Waals surface area contributed by atoms with E-state index in [-0.39, 0.29) is 12.1 Å². The zero-order valence-electron chi connectivity index (χ0n) is 11.4. The minimum Gasteiger partial charge on any atom is -0.439 e. The third-order valence-electron chi connectivity index (χ3n) is 3.43. The summed E-state index contributed by atoms with van der Waals surface area (Å²) in [6, 6.07) is 13.0. The number of halogens is 1. The summed E-state index contributed by atoms with van der Waals surface area (Å²) in [5.74, 6) is 0.486. The van der Waals surface area contributed by atoms with Crippen LogP contribution >= 0.6 is 15.9 Å². The van der Waals surface area contributed by atoms with Crippen LogP contribution in [0.4, 0.5) is 0 Å². The largest absolute Gasteiger partial charge is 0.439 e. The summed E-state index contributed by atoms with van der Waals surface area (Å²) in [7, 11) is 0. The smallest absolute Gasteiger partial charge is 0.261 e. The predicted octanol–water partition coefficient (Wildman–Crippen LogP) is 3.35. The molecule has 0 spiro atoms. The van der Waals surface area contributed by atoms with Crippen molar-refractivity contribution in [3.8, 4) is 0 Å². The zero-order valence-corrected chi connectivity index (χ0v) is 12.9. The van der Waals surface area contributed by atoms with Gasteiger partial charge in [-0.05, 0) is 30.3 Å². The second-order valence-electron chi connectivity index (χ2n) is 4.91. The molecule has 0 N–H and O–H groups in total. The van der Waals surface area contributed by atoms with Gasteiger partial charge in [-0.15, -0.1) is 0 Å². The van der Waals surface area contributed by atoms with E-state index in [0.717, 1.165) is 9.99 Å². The average Bonchev–Trinajstić information content (AvgIpc) is 2.93. The molecule has 0 amide bonds. The molecule has 2 heterocycles. The van der Waals surface area contributed by atoms with E-state index in [2.05, 4.69) is 25.9 Å². The topological polar surface area (TPSA) is 60.9 Å². The van der Waals surface area contributed by atoms with Gasteiger partial charge in [-0.3, -0.25) is 9.36 Å². The molecule has 6 heteroatoms. The lowest BCUT2D eigenvalue weighted by Crippen LogP contribution is -2.21. The van der Waals surface area contributed by atoms with E-state index in [1.165, 1.54) is 10.9 Å². The standard InChI is InChI=1S/C16H10BrN3O2/c17-10-5-6-12-11(7-10)16(21)20(9-18-12)8-15-19-13-3-1-2-4-14(13)22-15/h1-7,9H,8H2. The highest BCUT2D eigenvalue weighted by atomic mass is 79.9. The van der Waals surface area contributed by atoms with Crippen LogP contribution in [-0.4, -0.2) is 14.5 Å². The van der Waals surface area contributed by atoms with Gasteiger partial charge in [0, 0.05) is 4.47 Å². The van der Waals surface area contributed by atoms with E-state index in [1.54, 1.807) is 6.07 Å². The fourth-order valence-electron chi connectivity index (χ4n) is 2.38. The van der Waals surface area contributed by atoms with Gasteiger partial charge in [0.05, 0.1) is 17.2 Å². The summed E-state index contributed by atoms with van der Waals surface area (Å²) in [6.07, 6.45) is 1.52. The Bertz CT molecular complexity index is 1020. The predicted molar refractivity (Wildman–Crippen MR) is 86.8 cm³/mol. The van der Waals surface area contributed by atoms with Gasteiger partial charge in [0.15, 0.2) is 5.58 Å². The zero-order chi connectivity index (χ0) is 15.1. The van der Waals surface area contributed by atoms with Crippen LogP contribution in [-0.2, 0) is 6.54 Å². The van der Waals surface area contributed by atoms with Crippen molar-refractivity contribution < 1.29 is 4.42 Å². The van der Waals surface area contributed by atoms with Gasteiger partial charge in [0.25, 0.3) is 5.56 Å². The molecular weight excluding hydrogens is 346 g/mol. The maximum absolute atomic E-state index is 12.5. The number of para-hydroxylation sites is 2. The lowest BCUT2D eigenvalue weighted by Gasteiger charge is -2.04. The fraction of sp³-hybridized carbons (Fsp3) is 0.0625. The number of nitrogens with zero attached hydrogens (tertiary/aromatic N) is 3. The highest BCUT2D eigenvalue weighted by Crippen LogP contribution is 2.17.